The summed E-state index contributed by atoms with van der Waals surface area (Å²) in [5.41, 5.74) is -0.145. The molecule has 2 saturated heterocycles. The molecule has 0 spiro atoms. The molecule has 0 saturated carbocycles. The number of aliphatic carboxylic acids is 1. The number of carboxylic acids is 1. The van der Waals surface area contributed by atoms with E-state index < -0.39 is 11.4 Å². The van der Waals surface area contributed by atoms with Crippen molar-refractivity contribution in [3.05, 3.63) is 35.9 Å². The molecule has 0 bridgehead atoms. The molecule has 1 aromatic carbocycles. The van der Waals surface area contributed by atoms with Crippen molar-refractivity contribution in [2.75, 3.05) is 19.6 Å². The van der Waals surface area contributed by atoms with Crippen LogP contribution in [0.15, 0.2) is 30.3 Å². The van der Waals surface area contributed by atoms with E-state index in [9.17, 15) is 19.5 Å². The van der Waals surface area contributed by atoms with Gasteiger partial charge in [-0.05, 0) is 37.7 Å². The monoisotopic (exact) mass is 372 g/mol. The molecule has 1 N–H and O–H groups in total. The Morgan fingerprint density at radius 2 is 1.74 bits per heavy atom. The molecule has 6 nitrogen and oxygen atoms in total. The highest BCUT2D eigenvalue weighted by molar-refractivity contribution is 5.88. The average Bonchev–Trinajstić information content (AvgIpc) is 2.73. The standard InChI is InChI=1S/C21H28N2O4/c1-2-18(24)23-13-7-6-10-17(23)19(25)22-14-11-21(12-15-22,20(26)27)16-8-4-3-5-9-16/h3-5,8-9,17H,2,6-7,10-15H2,1H3,(H,26,27). The molecule has 27 heavy (non-hydrogen) atoms. The molecule has 0 aliphatic carbocycles. The topological polar surface area (TPSA) is 77.9 Å². The molecular weight excluding hydrogens is 344 g/mol. The van der Waals surface area contributed by atoms with Crippen molar-refractivity contribution in [1.82, 2.24) is 9.80 Å². The summed E-state index contributed by atoms with van der Waals surface area (Å²) in [5, 5.41) is 9.91. The van der Waals surface area contributed by atoms with Crippen LogP contribution in [0.3, 0.4) is 0 Å². The van der Waals surface area contributed by atoms with Gasteiger partial charge in [-0.1, -0.05) is 37.3 Å². The van der Waals surface area contributed by atoms with Gasteiger partial charge in [0.1, 0.15) is 6.04 Å². The highest BCUT2D eigenvalue weighted by Gasteiger charge is 2.45. The van der Waals surface area contributed by atoms with Gasteiger partial charge in [-0.2, -0.15) is 0 Å². The average molecular weight is 372 g/mol. The van der Waals surface area contributed by atoms with E-state index in [2.05, 4.69) is 0 Å². The molecule has 2 heterocycles. The zero-order chi connectivity index (χ0) is 19.4. The van der Waals surface area contributed by atoms with Crippen LogP contribution in [0.25, 0.3) is 0 Å². The minimum atomic E-state index is -0.941. The maximum absolute atomic E-state index is 13.1. The zero-order valence-corrected chi connectivity index (χ0v) is 15.9. The molecule has 2 aliphatic heterocycles. The fraction of sp³-hybridized carbons (Fsp3) is 0.571. The maximum atomic E-state index is 13.1. The van der Waals surface area contributed by atoms with Crippen molar-refractivity contribution in [2.45, 2.75) is 56.9 Å². The van der Waals surface area contributed by atoms with Crippen LogP contribution in [0.5, 0.6) is 0 Å². The van der Waals surface area contributed by atoms with E-state index in [-0.39, 0.29) is 17.9 Å². The second-order valence-corrected chi connectivity index (χ2v) is 7.53. The molecule has 2 amide bonds. The summed E-state index contributed by atoms with van der Waals surface area (Å²) in [7, 11) is 0. The molecule has 1 aromatic rings. The fourth-order valence-electron chi connectivity index (χ4n) is 4.39. The summed E-state index contributed by atoms with van der Waals surface area (Å²) in [6.45, 7) is 3.27. The van der Waals surface area contributed by atoms with E-state index in [0.717, 1.165) is 18.4 Å². The van der Waals surface area contributed by atoms with Crippen LogP contribution in [-0.4, -0.2) is 58.4 Å². The van der Waals surface area contributed by atoms with Crippen molar-refractivity contribution in [1.29, 1.82) is 0 Å². The number of carboxylic acid groups (broad SMARTS) is 1. The lowest BCUT2D eigenvalue weighted by Crippen LogP contribution is -2.56. The van der Waals surface area contributed by atoms with Crippen LogP contribution in [0.1, 0.15) is 51.0 Å². The smallest absolute Gasteiger partial charge is 0.314 e. The molecule has 2 fully saturated rings. The lowest BCUT2D eigenvalue weighted by atomic mass is 9.72. The molecule has 0 aromatic heterocycles. The Bertz CT molecular complexity index is 695. The first-order valence-corrected chi connectivity index (χ1v) is 9.87. The Labute approximate surface area is 160 Å². The first kappa shape index (κ1) is 19.4. The zero-order valence-electron chi connectivity index (χ0n) is 15.9. The molecule has 1 unspecified atom stereocenters. The minimum Gasteiger partial charge on any atom is -0.481 e. The van der Waals surface area contributed by atoms with E-state index in [1.807, 2.05) is 37.3 Å². The number of carbonyl (C=O) groups is 3. The lowest BCUT2D eigenvalue weighted by molar-refractivity contribution is -0.152. The molecular formula is C21H28N2O4. The molecule has 2 aliphatic rings. The Balaban J connectivity index is 1.73. The Kier molecular flexibility index (Phi) is 5.82. The van der Waals surface area contributed by atoms with Gasteiger partial charge in [0.15, 0.2) is 0 Å². The minimum absolute atomic E-state index is 0.0224. The third kappa shape index (κ3) is 3.70. The molecule has 0 radical (unpaired) electrons. The SMILES string of the molecule is CCC(=O)N1CCCCC1C(=O)N1CCC(C(=O)O)(c2ccccc2)CC1. The summed E-state index contributed by atoms with van der Waals surface area (Å²) in [6, 6.07) is 8.91. The van der Waals surface area contributed by atoms with Gasteiger partial charge in [0.2, 0.25) is 11.8 Å². The summed E-state index contributed by atoms with van der Waals surface area (Å²) in [5.74, 6) is -0.834. The van der Waals surface area contributed by atoms with Crippen LogP contribution >= 0.6 is 0 Å². The van der Waals surface area contributed by atoms with Crippen molar-refractivity contribution < 1.29 is 19.5 Å². The second-order valence-electron chi connectivity index (χ2n) is 7.53. The highest BCUT2D eigenvalue weighted by atomic mass is 16.4. The van der Waals surface area contributed by atoms with Crippen LogP contribution in [0.2, 0.25) is 0 Å². The first-order chi connectivity index (χ1) is 13.0. The van der Waals surface area contributed by atoms with E-state index >= 15 is 0 Å². The third-order valence-electron chi connectivity index (χ3n) is 6.08. The maximum Gasteiger partial charge on any atom is 0.314 e. The van der Waals surface area contributed by atoms with Gasteiger partial charge in [0.05, 0.1) is 5.41 Å². The van der Waals surface area contributed by atoms with Gasteiger partial charge in [0.25, 0.3) is 0 Å². The van der Waals surface area contributed by atoms with Gasteiger partial charge in [-0.15, -0.1) is 0 Å². The van der Waals surface area contributed by atoms with Crippen molar-refractivity contribution in [3.8, 4) is 0 Å². The van der Waals surface area contributed by atoms with Crippen LogP contribution in [0.4, 0.5) is 0 Å². The number of amides is 2. The number of rotatable bonds is 4. The quantitative estimate of drug-likeness (QED) is 0.880. The van der Waals surface area contributed by atoms with Crippen molar-refractivity contribution in [3.63, 3.8) is 0 Å². The molecule has 146 valence electrons. The number of benzene rings is 1. The van der Waals surface area contributed by atoms with Gasteiger partial charge in [-0.25, -0.2) is 0 Å². The number of hydrogen-bond donors (Lipinski definition) is 1. The summed E-state index contributed by atoms with van der Waals surface area (Å²) < 4.78 is 0. The van der Waals surface area contributed by atoms with Crippen molar-refractivity contribution in [2.24, 2.45) is 0 Å². The number of piperidine rings is 2. The molecule has 6 heteroatoms. The van der Waals surface area contributed by atoms with Gasteiger partial charge in [-0.3, -0.25) is 14.4 Å². The van der Waals surface area contributed by atoms with E-state index in [1.165, 1.54) is 0 Å². The highest BCUT2D eigenvalue weighted by Crippen LogP contribution is 2.36. The van der Waals surface area contributed by atoms with Gasteiger partial charge >= 0.3 is 5.97 Å². The summed E-state index contributed by atoms with van der Waals surface area (Å²) in [4.78, 5) is 40.9. The Hall–Kier alpha value is -2.37. The van der Waals surface area contributed by atoms with Crippen LogP contribution < -0.4 is 0 Å². The molecule has 1 atom stereocenters. The van der Waals surface area contributed by atoms with Gasteiger partial charge < -0.3 is 14.9 Å². The number of nitrogens with zero attached hydrogens (tertiary/aromatic N) is 2. The van der Waals surface area contributed by atoms with E-state index in [1.54, 1.807) is 9.80 Å². The van der Waals surface area contributed by atoms with Crippen LogP contribution in [0, 0.1) is 0 Å². The summed E-state index contributed by atoms with van der Waals surface area (Å²) in [6.07, 6.45) is 3.77. The predicted octanol–water partition coefficient (Wildman–Crippen LogP) is 2.42. The second kappa shape index (κ2) is 8.11. The van der Waals surface area contributed by atoms with E-state index in [0.29, 0.717) is 45.3 Å². The normalized spacial score (nSPS) is 22.3. The van der Waals surface area contributed by atoms with Crippen LogP contribution in [-0.2, 0) is 19.8 Å². The first-order valence-electron chi connectivity index (χ1n) is 9.87. The number of likely N-dealkylation sites (tertiary alicyclic amines) is 2. The molecule has 3 rings (SSSR count). The predicted molar refractivity (Wildman–Crippen MR) is 101 cm³/mol. The Morgan fingerprint density at radius 1 is 1.07 bits per heavy atom. The largest absolute Gasteiger partial charge is 0.481 e. The summed E-state index contributed by atoms with van der Waals surface area (Å²) >= 11 is 0. The van der Waals surface area contributed by atoms with E-state index in [4.69, 9.17) is 0 Å². The fourth-order valence-corrected chi connectivity index (χ4v) is 4.39. The lowest BCUT2D eigenvalue weighted by Gasteiger charge is -2.42. The third-order valence-corrected chi connectivity index (χ3v) is 6.08. The Morgan fingerprint density at radius 3 is 2.33 bits per heavy atom. The van der Waals surface area contributed by atoms with Gasteiger partial charge in [0, 0.05) is 26.1 Å². The number of carbonyl (C=O) groups excluding carboxylic acids is 2. The van der Waals surface area contributed by atoms with Crippen molar-refractivity contribution >= 4 is 17.8 Å². The number of hydrogen-bond acceptors (Lipinski definition) is 3.